The van der Waals surface area contributed by atoms with Crippen LogP contribution in [0.5, 0.6) is 0 Å². The van der Waals surface area contributed by atoms with Gasteiger partial charge in [-0.25, -0.2) is 4.79 Å². The maximum atomic E-state index is 13.1. The molecule has 0 bridgehead atoms. The molecule has 0 spiro atoms. The van der Waals surface area contributed by atoms with Crippen LogP contribution in [0.3, 0.4) is 0 Å². The van der Waals surface area contributed by atoms with Crippen molar-refractivity contribution in [3.63, 3.8) is 0 Å². The molecule has 1 aromatic rings. The first-order valence-corrected chi connectivity index (χ1v) is 13.0. The van der Waals surface area contributed by atoms with Gasteiger partial charge >= 0.3 is 6.09 Å². The minimum absolute atomic E-state index is 0.0374. The van der Waals surface area contributed by atoms with Gasteiger partial charge < -0.3 is 26.4 Å². The predicted octanol–water partition coefficient (Wildman–Crippen LogP) is 2.92. The number of carbonyl (C=O) groups is 3. The van der Waals surface area contributed by atoms with Crippen molar-refractivity contribution in [2.75, 3.05) is 13.2 Å². The van der Waals surface area contributed by atoms with E-state index in [0.29, 0.717) is 25.8 Å². The van der Waals surface area contributed by atoms with E-state index in [1.807, 2.05) is 58.0 Å². The molecule has 0 aliphatic carbocycles. The molecule has 4 atom stereocenters. The fourth-order valence-corrected chi connectivity index (χ4v) is 4.95. The second kappa shape index (κ2) is 13.3. The van der Waals surface area contributed by atoms with Gasteiger partial charge in [-0.2, -0.15) is 12.6 Å². The number of benzene rings is 1. The van der Waals surface area contributed by atoms with Crippen molar-refractivity contribution in [3.8, 4) is 0 Å². The largest absolute Gasteiger partial charge is 0.448 e. The van der Waals surface area contributed by atoms with Gasteiger partial charge in [-0.1, -0.05) is 32.0 Å². The number of ether oxygens (including phenoxy) is 1. The minimum Gasteiger partial charge on any atom is -0.448 e. The van der Waals surface area contributed by atoms with E-state index in [0.717, 1.165) is 4.90 Å². The summed E-state index contributed by atoms with van der Waals surface area (Å²) in [5.74, 6) is -0.458. The number of nitrogens with two attached hydrogens (primary N) is 1. The SMILES string of the molecule is CC(C)C[C@H](NC(=O)OCC(C)(C)Sc1ccccc1)C(=O)N[C@@H](C[C@@H]1CCNC1=O)C(N)S. The second-order valence-electron chi connectivity index (χ2n) is 9.70. The van der Waals surface area contributed by atoms with Crippen LogP contribution in [-0.4, -0.2) is 53.3 Å². The maximum Gasteiger partial charge on any atom is 0.407 e. The van der Waals surface area contributed by atoms with Gasteiger partial charge in [0.15, 0.2) is 0 Å². The second-order valence-corrected chi connectivity index (χ2v) is 12.1. The maximum absolute atomic E-state index is 13.1. The van der Waals surface area contributed by atoms with Crippen molar-refractivity contribution in [3.05, 3.63) is 30.3 Å². The molecular weight excluding hydrogens is 472 g/mol. The van der Waals surface area contributed by atoms with Crippen molar-refractivity contribution in [2.45, 2.75) is 74.1 Å². The number of rotatable bonds is 12. The normalized spacial score (nSPS) is 18.7. The van der Waals surface area contributed by atoms with E-state index >= 15 is 0 Å². The zero-order valence-corrected chi connectivity index (χ0v) is 22.1. The van der Waals surface area contributed by atoms with Crippen LogP contribution in [0.25, 0.3) is 0 Å². The lowest BCUT2D eigenvalue weighted by atomic mass is 9.97. The van der Waals surface area contributed by atoms with Crippen LogP contribution in [0.1, 0.15) is 47.0 Å². The Morgan fingerprint density at radius 2 is 1.94 bits per heavy atom. The van der Waals surface area contributed by atoms with E-state index in [4.69, 9.17) is 10.5 Å². The summed E-state index contributed by atoms with van der Waals surface area (Å²) in [7, 11) is 0. The van der Waals surface area contributed by atoms with Crippen LogP contribution < -0.4 is 21.7 Å². The molecule has 2 rings (SSSR count). The van der Waals surface area contributed by atoms with Gasteiger partial charge in [-0.15, -0.1) is 11.8 Å². The Bertz CT molecular complexity index is 820. The number of carbonyl (C=O) groups excluding carboxylic acids is 3. The lowest BCUT2D eigenvalue weighted by Gasteiger charge is -2.28. The van der Waals surface area contributed by atoms with Gasteiger partial charge in [0.05, 0.1) is 11.4 Å². The molecule has 1 heterocycles. The molecule has 8 nitrogen and oxygen atoms in total. The monoisotopic (exact) mass is 510 g/mol. The number of thioether (sulfide) groups is 1. The molecule has 34 heavy (non-hydrogen) atoms. The number of amides is 3. The smallest absolute Gasteiger partial charge is 0.407 e. The van der Waals surface area contributed by atoms with E-state index in [1.54, 1.807) is 11.8 Å². The average Bonchev–Trinajstić information content (AvgIpc) is 3.15. The molecule has 3 amide bonds. The molecule has 0 saturated carbocycles. The van der Waals surface area contributed by atoms with E-state index < -0.39 is 23.6 Å². The molecule has 5 N–H and O–H groups in total. The van der Waals surface area contributed by atoms with Gasteiger partial charge in [0.25, 0.3) is 0 Å². The Morgan fingerprint density at radius 1 is 1.26 bits per heavy atom. The number of hydrogen-bond donors (Lipinski definition) is 5. The van der Waals surface area contributed by atoms with Crippen LogP contribution in [-0.2, 0) is 14.3 Å². The summed E-state index contributed by atoms with van der Waals surface area (Å²) in [6.45, 7) is 8.72. The van der Waals surface area contributed by atoms with Crippen LogP contribution in [0, 0.1) is 11.8 Å². The first-order chi connectivity index (χ1) is 16.0. The van der Waals surface area contributed by atoms with E-state index in [2.05, 4.69) is 28.6 Å². The van der Waals surface area contributed by atoms with Crippen molar-refractivity contribution in [2.24, 2.45) is 17.6 Å². The van der Waals surface area contributed by atoms with E-state index in [-0.39, 0.29) is 35.0 Å². The van der Waals surface area contributed by atoms with Gasteiger partial charge in [-0.05, 0) is 51.2 Å². The fourth-order valence-electron chi connectivity index (χ4n) is 3.71. The van der Waals surface area contributed by atoms with Crippen LogP contribution in [0.2, 0.25) is 0 Å². The number of alkyl carbamates (subject to hydrolysis) is 1. The van der Waals surface area contributed by atoms with Crippen molar-refractivity contribution < 1.29 is 19.1 Å². The molecule has 1 saturated heterocycles. The highest BCUT2D eigenvalue weighted by Crippen LogP contribution is 2.32. The standard InChI is InChI=1S/C24H38N4O4S2/c1-15(2)12-19(22(30)27-18(20(25)33)13-16-10-11-26-21(16)29)28-23(31)32-14-24(3,4)34-17-8-6-5-7-9-17/h5-9,15-16,18-20,33H,10-14,25H2,1-4H3,(H,26,29)(H,27,30)(H,28,31)/t16-,18-,19-,20?/m0/s1. The summed E-state index contributed by atoms with van der Waals surface area (Å²) in [5, 5.41) is 7.74. The molecule has 0 radical (unpaired) electrons. The lowest BCUT2D eigenvalue weighted by Crippen LogP contribution is -2.54. The first-order valence-electron chi connectivity index (χ1n) is 11.7. The molecule has 1 aromatic carbocycles. The third-order valence-electron chi connectivity index (χ3n) is 5.45. The summed E-state index contributed by atoms with van der Waals surface area (Å²) < 4.78 is 5.12. The molecule has 1 aliphatic rings. The quantitative estimate of drug-likeness (QED) is 0.167. The number of hydrogen-bond acceptors (Lipinski definition) is 7. The molecular formula is C24H38N4O4S2. The highest BCUT2D eigenvalue weighted by molar-refractivity contribution is 8.00. The summed E-state index contributed by atoms with van der Waals surface area (Å²) in [5.41, 5.74) is 5.97. The van der Waals surface area contributed by atoms with Gasteiger partial charge in [0.1, 0.15) is 12.6 Å². The van der Waals surface area contributed by atoms with Gasteiger partial charge in [0.2, 0.25) is 11.8 Å². The number of nitrogens with one attached hydrogen (secondary N) is 3. The van der Waals surface area contributed by atoms with Crippen LogP contribution >= 0.6 is 24.4 Å². The first kappa shape index (κ1) is 28.3. The van der Waals surface area contributed by atoms with Crippen molar-refractivity contribution in [1.82, 2.24) is 16.0 Å². The Morgan fingerprint density at radius 3 is 2.50 bits per heavy atom. The van der Waals surface area contributed by atoms with E-state index in [1.165, 1.54) is 0 Å². The zero-order chi connectivity index (χ0) is 25.3. The molecule has 1 unspecified atom stereocenters. The molecule has 10 heteroatoms. The molecule has 190 valence electrons. The van der Waals surface area contributed by atoms with Crippen LogP contribution in [0.4, 0.5) is 4.79 Å². The Balaban J connectivity index is 1.94. The third-order valence-corrected chi connectivity index (χ3v) is 6.98. The summed E-state index contributed by atoms with van der Waals surface area (Å²) in [6.07, 6.45) is 0.875. The van der Waals surface area contributed by atoms with Crippen LogP contribution in [0.15, 0.2) is 35.2 Å². The Kier molecular flexibility index (Phi) is 11.0. The van der Waals surface area contributed by atoms with E-state index in [9.17, 15) is 14.4 Å². The third kappa shape index (κ3) is 9.76. The average molecular weight is 511 g/mol. The minimum atomic E-state index is -0.788. The van der Waals surface area contributed by atoms with Crippen molar-refractivity contribution in [1.29, 1.82) is 0 Å². The Labute approximate surface area is 212 Å². The highest BCUT2D eigenvalue weighted by Gasteiger charge is 2.32. The highest BCUT2D eigenvalue weighted by atomic mass is 32.2. The topological polar surface area (TPSA) is 123 Å². The molecule has 1 aliphatic heterocycles. The van der Waals surface area contributed by atoms with Gasteiger partial charge in [0, 0.05) is 22.1 Å². The number of thiol groups is 1. The molecule has 1 fully saturated rings. The summed E-state index contributed by atoms with van der Waals surface area (Å²) >= 11 is 5.91. The molecule has 0 aromatic heterocycles. The summed E-state index contributed by atoms with van der Waals surface area (Å²) in [6, 6.07) is 8.60. The zero-order valence-electron chi connectivity index (χ0n) is 20.4. The van der Waals surface area contributed by atoms with Gasteiger partial charge in [-0.3, -0.25) is 9.59 Å². The summed E-state index contributed by atoms with van der Waals surface area (Å²) in [4.78, 5) is 38.6. The Hall–Kier alpha value is -1.91. The lowest BCUT2D eigenvalue weighted by molar-refractivity contribution is -0.126. The fraction of sp³-hybridized carbons (Fsp3) is 0.625. The van der Waals surface area contributed by atoms with Crippen molar-refractivity contribution >= 4 is 42.3 Å². The predicted molar refractivity (Wildman–Crippen MR) is 139 cm³/mol.